The monoisotopic (exact) mass is 385 g/mol. The molecule has 7 heteroatoms. The Kier molecular flexibility index (Phi) is 6.06. The van der Waals surface area contributed by atoms with Gasteiger partial charge in [0, 0.05) is 24.6 Å². The Morgan fingerprint density at radius 2 is 1.86 bits per heavy atom. The molecule has 0 radical (unpaired) electrons. The van der Waals surface area contributed by atoms with Crippen LogP contribution in [0.1, 0.15) is 28.6 Å². The zero-order chi connectivity index (χ0) is 20.1. The Labute approximate surface area is 161 Å². The number of amides is 1. The number of halogens is 1. The maximum absolute atomic E-state index is 12.9. The summed E-state index contributed by atoms with van der Waals surface area (Å²) in [7, 11) is 1.52. The molecule has 3 rings (SSSR count). The first kappa shape index (κ1) is 19.6. The lowest BCUT2D eigenvalue weighted by atomic mass is 10.1. The van der Waals surface area contributed by atoms with Crippen LogP contribution in [0.3, 0.4) is 0 Å². The molecule has 28 heavy (non-hydrogen) atoms. The highest BCUT2D eigenvalue weighted by Crippen LogP contribution is 2.27. The third-order valence-electron chi connectivity index (χ3n) is 4.21. The lowest BCUT2D eigenvalue weighted by molar-refractivity contribution is -0.129. The smallest absolute Gasteiger partial charge is 0.375 e. The number of rotatable bonds is 7. The van der Waals surface area contributed by atoms with Gasteiger partial charge in [0.05, 0.1) is 6.61 Å². The molecule has 0 bridgehead atoms. The van der Waals surface area contributed by atoms with Gasteiger partial charge in [0.25, 0.3) is 5.91 Å². The van der Waals surface area contributed by atoms with Crippen LogP contribution in [-0.2, 0) is 27.4 Å². The molecule has 1 aromatic heterocycles. The van der Waals surface area contributed by atoms with Crippen molar-refractivity contribution in [3.63, 3.8) is 0 Å². The van der Waals surface area contributed by atoms with E-state index in [1.165, 1.54) is 26.2 Å². The third-order valence-corrected chi connectivity index (χ3v) is 4.21. The molecule has 1 N–H and O–H groups in total. The first-order chi connectivity index (χ1) is 13.5. The molecule has 1 heterocycles. The summed E-state index contributed by atoms with van der Waals surface area (Å²) in [6.45, 7) is 1.84. The van der Waals surface area contributed by atoms with Crippen molar-refractivity contribution < 1.29 is 27.9 Å². The standard InChI is InChI=1S/C21H20FNO5/c1-13(20(24)23-11-14-7-9-15(22)10-8-14)27-21(25)19-17(12-26-2)16-5-3-4-6-18(16)28-19/h3-10,13H,11-12H2,1-2H3,(H,23,24)/t13-/m1/s1. The van der Waals surface area contributed by atoms with Crippen LogP contribution in [0.15, 0.2) is 52.9 Å². The molecular formula is C21H20FNO5. The molecular weight excluding hydrogens is 365 g/mol. The average molecular weight is 385 g/mol. The summed E-state index contributed by atoms with van der Waals surface area (Å²) in [6, 6.07) is 12.9. The Balaban J connectivity index is 1.66. The fraction of sp³-hybridized carbons (Fsp3) is 0.238. The summed E-state index contributed by atoms with van der Waals surface area (Å²) < 4.78 is 29.0. The van der Waals surface area contributed by atoms with Crippen molar-refractivity contribution in [1.29, 1.82) is 0 Å². The van der Waals surface area contributed by atoms with Gasteiger partial charge >= 0.3 is 5.97 Å². The lowest BCUT2D eigenvalue weighted by Crippen LogP contribution is -2.35. The van der Waals surface area contributed by atoms with E-state index in [0.29, 0.717) is 11.1 Å². The first-order valence-electron chi connectivity index (χ1n) is 8.72. The van der Waals surface area contributed by atoms with E-state index in [9.17, 15) is 14.0 Å². The summed E-state index contributed by atoms with van der Waals surface area (Å²) >= 11 is 0. The summed E-state index contributed by atoms with van der Waals surface area (Å²) in [5.41, 5.74) is 1.84. The van der Waals surface area contributed by atoms with Gasteiger partial charge in [-0.25, -0.2) is 9.18 Å². The number of carbonyl (C=O) groups excluding carboxylic acids is 2. The van der Waals surface area contributed by atoms with Gasteiger partial charge in [-0.3, -0.25) is 4.79 Å². The quantitative estimate of drug-likeness (QED) is 0.629. The van der Waals surface area contributed by atoms with Crippen molar-refractivity contribution in [2.45, 2.75) is 26.2 Å². The molecule has 0 aliphatic heterocycles. The van der Waals surface area contributed by atoms with E-state index in [4.69, 9.17) is 13.9 Å². The van der Waals surface area contributed by atoms with Crippen molar-refractivity contribution in [3.8, 4) is 0 Å². The minimum absolute atomic E-state index is 0.0150. The van der Waals surface area contributed by atoms with E-state index in [2.05, 4.69) is 5.32 Å². The van der Waals surface area contributed by atoms with Crippen molar-refractivity contribution in [2.75, 3.05) is 7.11 Å². The van der Waals surface area contributed by atoms with Gasteiger partial charge in [0.2, 0.25) is 5.76 Å². The Bertz CT molecular complexity index is 980. The predicted molar refractivity (Wildman–Crippen MR) is 100 cm³/mol. The molecule has 0 aliphatic rings. The number of fused-ring (bicyclic) bond motifs is 1. The zero-order valence-electron chi connectivity index (χ0n) is 15.5. The molecule has 1 amide bonds. The zero-order valence-corrected chi connectivity index (χ0v) is 15.5. The minimum atomic E-state index is -1.03. The number of hydrogen-bond donors (Lipinski definition) is 1. The van der Waals surface area contributed by atoms with Crippen LogP contribution >= 0.6 is 0 Å². The van der Waals surface area contributed by atoms with Gasteiger partial charge in [-0.15, -0.1) is 0 Å². The maximum Gasteiger partial charge on any atom is 0.375 e. The number of furan rings is 1. The molecule has 2 aromatic carbocycles. The van der Waals surface area contributed by atoms with Crippen molar-refractivity contribution >= 4 is 22.8 Å². The van der Waals surface area contributed by atoms with E-state index in [-0.39, 0.29) is 24.7 Å². The number of benzene rings is 2. The van der Waals surface area contributed by atoms with E-state index in [0.717, 1.165) is 10.9 Å². The highest BCUT2D eigenvalue weighted by molar-refractivity contribution is 5.97. The summed E-state index contributed by atoms with van der Waals surface area (Å²) in [6.07, 6.45) is -1.03. The van der Waals surface area contributed by atoms with Crippen LogP contribution in [0, 0.1) is 5.82 Å². The second kappa shape index (κ2) is 8.67. The highest BCUT2D eigenvalue weighted by atomic mass is 19.1. The number of ether oxygens (including phenoxy) is 2. The molecule has 0 fully saturated rings. The fourth-order valence-electron chi connectivity index (χ4n) is 2.75. The Morgan fingerprint density at radius 1 is 1.14 bits per heavy atom. The maximum atomic E-state index is 12.9. The van der Waals surface area contributed by atoms with E-state index < -0.39 is 18.0 Å². The van der Waals surface area contributed by atoms with E-state index in [1.807, 2.05) is 12.1 Å². The second-order valence-electron chi connectivity index (χ2n) is 6.23. The van der Waals surface area contributed by atoms with Crippen LogP contribution in [0.2, 0.25) is 0 Å². The molecule has 0 spiro atoms. The van der Waals surface area contributed by atoms with Crippen molar-refractivity contribution in [1.82, 2.24) is 5.32 Å². The van der Waals surface area contributed by atoms with Crippen molar-refractivity contribution in [2.24, 2.45) is 0 Å². The van der Waals surface area contributed by atoms with Crippen LogP contribution in [-0.4, -0.2) is 25.1 Å². The number of methoxy groups -OCH3 is 1. The normalized spacial score (nSPS) is 12.0. The fourth-order valence-corrected chi connectivity index (χ4v) is 2.75. The minimum Gasteiger partial charge on any atom is -0.449 e. The number of para-hydroxylation sites is 1. The summed E-state index contributed by atoms with van der Waals surface area (Å²) in [4.78, 5) is 24.8. The van der Waals surface area contributed by atoms with Gasteiger partial charge in [-0.2, -0.15) is 0 Å². The van der Waals surface area contributed by atoms with Gasteiger partial charge in [-0.1, -0.05) is 30.3 Å². The summed E-state index contributed by atoms with van der Waals surface area (Å²) in [5, 5.41) is 3.40. The van der Waals surface area contributed by atoms with E-state index in [1.54, 1.807) is 24.3 Å². The predicted octanol–water partition coefficient (Wildman–Crippen LogP) is 3.58. The van der Waals surface area contributed by atoms with Crippen LogP contribution in [0.4, 0.5) is 4.39 Å². The largest absolute Gasteiger partial charge is 0.449 e. The third kappa shape index (κ3) is 4.37. The Hall–Kier alpha value is -3.19. The number of hydrogen-bond acceptors (Lipinski definition) is 5. The first-order valence-corrected chi connectivity index (χ1v) is 8.72. The van der Waals surface area contributed by atoms with E-state index >= 15 is 0 Å². The van der Waals surface area contributed by atoms with Gasteiger partial charge in [-0.05, 0) is 30.7 Å². The number of esters is 1. The van der Waals surface area contributed by atoms with Crippen LogP contribution < -0.4 is 5.32 Å². The van der Waals surface area contributed by atoms with Crippen LogP contribution in [0.5, 0.6) is 0 Å². The molecule has 1 atom stereocenters. The average Bonchev–Trinajstić information content (AvgIpc) is 3.06. The molecule has 146 valence electrons. The van der Waals surface area contributed by atoms with Crippen molar-refractivity contribution in [3.05, 3.63) is 71.2 Å². The van der Waals surface area contributed by atoms with Gasteiger partial charge < -0.3 is 19.2 Å². The summed E-state index contributed by atoms with van der Waals surface area (Å²) in [5.74, 6) is -1.55. The molecule has 0 saturated heterocycles. The number of carbonyl (C=O) groups is 2. The molecule has 0 aliphatic carbocycles. The van der Waals surface area contributed by atoms with Crippen LogP contribution in [0.25, 0.3) is 11.0 Å². The molecule has 0 saturated carbocycles. The highest BCUT2D eigenvalue weighted by Gasteiger charge is 2.25. The number of nitrogens with one attached hydrogen (secondary N) is 1. The molecule has 3 aromatic rings. The SMILES string of the molecule is COCc1c(C(=O)O[C@H](C)C(=O)NCc2ccc(F)cc2)oc2ccccc12. The van der Waals surface area contributed by atoms with Gasteiger partial charge in [0.1, 0.15) is 11.4 Å². The lowest BCUT2D eigenvalue weighted by Gasteiger charge is -2.13. The Morgan fingerprint density at radius 3 is 2.57 bits per heavy atom. The topological polar surface area (TPSA) is 77.8 Å². The second-order valence-corrected chi connectivity index (χ2v) is 6.23. The molecule has 6 nitrogen and oxygen atoms in total. The van der Waals surface area contributed by atoms with Gasteiger partial charge in [0.15, 0.2) is 6.10 Å². The molecule has 0 unspecified atom stereocenters.